The minimum absolute atomic E-state index is 0.578. The van der Waals surface area contributed by atoms with Crippen molar-refractivity contribution in [3.05, 3.63) is 29.3 Å². The molecule has 17 heavy (non-hydrogen) atoms. The first-order valence-electron chi connectivity index (χ1n) is 6.72. The molecule has 1 aromatic carbocycles. The van der Waals surface area contributed by atoms with Crippen LogP contribution in [0.1, 0.15) is 24.0 Å². The highest BCUT2D eigenvalue weighted by Gasteiger charge is 2.40. The first-order valence-corrected chi connectivity index (χ1v) is 6.72. The van der Waals surface area contributed by atoms with Gasteiger partial charge in [-0.25, -0.2) is 0 Å². The van der Waals surface area contributed by atoms with Crippen LogP contribution in [0.15, 0.2) is 18.2 Å². The molecule has 0 unspecified atom stereocenters. The lowest BCUT2D eigenvalue weighted by Crippen LogP contribution is -2.61. The molecule has 2 nitrogen and oxygen atoms in total. The topological polar surface area (TPSA) is 15.3 Å². The fourth-order valence-corrected chi connectivity index (χ4v) is 3.26. The van der Waals surface area contributed by atoms with Gasteiger partial charge in [0.1, 0.15) is 0 Å². The Hall–Kier alpha value is -1.02. The van der Waals surface area contributed by atoms with Crippen molar-refractivity contribution >= 4 is 5.69 Å². The van der Waals surface area contributed by atoms with Crippen molar-refractivity contribution < 1.29 is 0 Å². The van der Waals surface area contributed by atoms with Crippen LogP contribution in [-0.4, -0.2) is 26.2 Å². The monoisotopic (exact) mass is 230 g/mol. The minimum Gasteiger partial charge on any atom is -0.371 e. The molecule has 1 aromatic rings. The number of anilines is 1. The fourth-order valence-electron chi connectivity index (χ4n) is 3.26. The lowest BCUT2D eigenvalue weighted by atomic mass is 9.74. The zero-order valence-electron chi connectivity index (χ0n) is 10.9. The van der Waals surface area contributed by atoms with Gasteiger partial charge in [-0.3, -0.25) is 0 Å². The van der Waals surface area contributed by atoms with Gasteiger partial charge in [0, 0.05) is 37.3 Å². The quantitative estimate of drug-likeness (QED) is 0.797. The van der Waals surface area contributed by atoms with Crippen molar-refractivity contribution in [2.24, 2.45) is 5.41 Å². The molecule has 0 amide bonds. The fraction of sp³-hybridized carbons (Fsp3) is 0.600. The van der Waals surface area contributed by atoms with E-state index in [1.807, 2.05) is 0 Å². The molecule has 3 rings (SSSR count). The summed E-state index contributed by atoms with van der Waals surface area (Å²) in [6.45, 7) is 9.37. The third-order valence-corrected chi connectivity index (χ3v) is 4.58. The average Bonchev–Trinajstić information content (AvgIpc) is 2.31. The van der Waals surface area contributed by atoms with E-state index in [1.165, 1.54) is 55.8 Å². The summed E-state index contributed by atoms with van der Waals surface area (Å²) in [4.78, 5) is 2.60. The Morgan fingerprint density at radius 3 is 2.76 bits per heavy atom. The van der Waals surface area contributed by atoms with E-state index in [9.17, 15) is 0 Å². The molecule has 2 saturated heterocycles. The van der Waals surface area contributed by atoms with Gasteiger partial charge in [-0.1, -0.05) is 12.1 Å². The SMILES string of the molecule is Cc1cccc(N2CCCC3(CNC3)C2)c1C. The van der Waals surface area contributed by atoms with Gasteiger partial charge in [-0.15, -0.1) is 0 Å². The van der Waals surface area contributed by atoms with Gasteiger partial charge >= 0.3 is 0 Å². The molecule has 2 heterocycles. The molecular weight excluding hydrogens is 208 g/mol. The van der Waals surface area contributed by atoms with Crippen LogP contribution in [0, 0.1) is 19.3 Å². The summed E-state index contributed by atoms with van der Waals surface area (Å²) >= 11 is 0. The molecule has 1 N–H and O–H groups in total. The highest BCUT2D eigenvalue weighted by atomic mass is 15.2. The summed E-state index contributed by atoms with van der Waals surface area (Å²) in [6, 6.07) is 6.69. The maximum absolute atomic E-state index is 3.44. The number of benzene rings is 1. The number of rotatable bonds is 1. The molecular formula is C15H22N2. The zero-order chi connectivity index (χ0) is 11.9. The summed E-state index contributed by atoms with van der Waals surface area (Å²) < 4.78 is 0. The Kier molecular flexibility index (Phi) is 2.62. The second kappa shape index (κ2) is 4.02. The first kappa shape index (κ1) is 11.1. The van der Waals surface area contributed by atoms with Gasteiger partial charge < -0.3 is 10.2 Å². The molecule has 0 bridgehead atoms. The molecule has 0 atom stereocenters. The molecule has 0 saturated carbocycles. The van der Waals surface area contributed by atoms with Crippen LogP contribution < -0.4 is 10.2 Å². The minimum atomic E-state index is 0.578. The number of piperidine rings is 1. The molecule has 0 aliphatic carbocycles. The van der Waals surface area contributed by atoms with E-state index in [4.69, 9.17) is 0 Å². The second-order valence-corrected chi connectivity index (χ2v) is 5.85. The summed E-state index contributed by atoms with van der Waals surface area (Å²) in [6.07, 6.45) is 2.75. The maximum Gasteiger partial charge on any atom is 0.0398 e. The normalized spacial score (nSPS) is 22.6. The van der Waals surface area contributed by atoms with Crippen LogP contribution in [0.2, 0.25) is 0 Å². The highest BCUT2D eigenvalue weighted by Crippen LogP contribution is 2.36. The third kappa shape index (κ3) is 1.85. The Morgan fingerprint density at radius 2 is 2.06 bits per heavy atom. The predicted octanol–water partition coefficient (Wildman–Crippen LogP) is 2.49. The Bertz CT molecular complexity index is 421. The largest absolute Gasteiger partial charge is 0.371 e. The van der Waals surface area contributed by atoms with Crippen molar-refractivity contribution in [2.75, 3.05) is 31.1 Å². The van der Waals surface area contributed by atoms with Gasteiger partial charge in [0.25, 0.3) is 0 Å². The molecule has 0 aromatic heterocycles. The molecule has 2 aliphatic rings. The van der Waals surface area contributed by atoms with E-state index in [0.717, 1.165) is 0 Å². The van der Waals surface area contributed by atoms with Crippen LogP contribution in [-0.2, 0) is 0 Å². The second-order valence-electron chi connectivity index (χ2n) is 5.85. The predicted molar refractivity (Wildman–Crippen MR) is 72.7 cm³/mol. The Morgan fingerprint density at radius 1 is 1.24 bits per heavy atom. The van der Waals surface area contributed by atoms with Crippen molar-refractivity contribution in [3.8, 4) is 0 Å². The number of nitrogens with zero attached hydrogens (tertiary/aromatic N) is 1. The summed E-state index contributed by atoms with van der Waals surface area (Å²) in [7, 11) is 0. The van der Waals surface area contributed by atoms with E-state index in [0.29, 0.717) is 5.41 Å². The van der Waals surface area contributed by atoms with Crippen molar-refractivity contribution in [1.29, 1.82) is 0 Å². The van der Waals surface area contributed by atoms with Crippen molar-refractivity contribution in [2.45, 2.75) is 26.7 Å². The Labute approximate surface area is 104 Å². The summed E-state index contributed by atoms with van der Waals surface area (Å²) in [5.41, 5.74) is 4.90. The average molecular weight is 230 g/mol. The van der Waals surface area contributed by atoms with E-state index in [1.54, 1.807) is 0 Å². The molecule has 92 valence electrons. The van der Waals surface area contributed by atoms with Crippen LogP contribution in [0.4, 0.5) is 5.69 Å². The van der Waals surface area contributed by atoms with Gasteiger partial charge in [0.2, 0.25) is 0 Å². The van der Waals surface area contributed by atoms with Crippen LogP contribution >= 0.6 is 0 Å². The third-order valence-electron chi connectivity index (χ3n) is 4.58. The van der Waals surface area contributed by atoms with E-state index >= 15 is 0 Å². The number of nitrogens with one attached hydrogen (secondary N) is 1. The molecule has 1 spiro atoms. The molecule has 2 heteroatoms. The van der Waals surface area contributed by atoms with Gasteiger partial charge in [0.05, 0.1) is 0 Å². The molecule has 2 aliphatic heterocycles. The zero-order valence-corrected chi connectivity index (χ0v) is 10.9. The summed E-state index contributed by atoms with van der Waals surface area (Å²) in [5.74, 6) is 0. The van der Waals surface area contributed by atoms with Gasteiger partial charge in [0.15, 0.2) is 0 Å². The molecule has 2 fully saturated rings. The molecule has 0 radical (unpaired) electrons. The van der Waals surface area contributed by atoms with Crippen molar-refractivity contribution in [3.63, 3.8) is 0 Å². The lowest BCUT2D eigenvalue weighted by molar-refractivity contribution is 0.138. The number of hydrogen-bond donors (Lipinski definition) is 1. The van der Waals surface area contributed by atoms with Crippen LogP contribution in [0.3, 0.4) is 0 Å². The van der Waals surface area contributed by atoms with E-state index in [2.05, 4.69) is 42.3 Å². The smallest absolute Gasteiger partial charge is 0.0398 e. The Balaban J connectivity index is 1.86. The first-order chi connectivity index (χ1) is 8.20. The van der Waals surface area contributed by atoms with Crippen LogP contribution in [0.5, 0.6) is 0 Å². The highest BCUT2D eigenvalue weighted by molar-refractivity contribution is 5.56. The number of aryl methyl sites for hydroxylation is 1. The van der Waals surface area contributed by atoms with Crippen LogP contribution in [0.25, 0.3) is 0 Å². The lowest BCUT2D eigenvalue weighted by Gasteiger charge is -2.50. The van der Waals surface area contributed by atoms with Gasteiger partial charge in [-0.2, -0.15) is 0 Å². The maximum atomic E-state index is 3.44. The van der Waals surface area contributed by atoms with Gasteiger partial charge in [-0.05, 0) is 43.9 Å². The van der Waals surface area contributed by atoms with E-state index in [-0.39, 0.29) is 0 Å². The van der Waals surface area contributed by atoms with E-state index < -0.39 is 0 Å². The van der Waals surface area contributed by atoms with Crippen molar-refractivity contribution in [1.82, 2.24) is 5.32 Å². The number of hydrogen-bond acceptors (Lipinski definition) is 2. The standard InChI is InChI=1S/C15H22N2/c1-12-5-3-6-14(13(12)2)17-8-4-7-15(11-17)9-16-10-15/h3,5-6,16H,4,7-11H2,1-2H3. The summed E-state index contributed by atoms with van der Waals surface area (Å²) in [5, 5.41) is 3.44.